The summed E-state index contributed by atoms with van der Waals surface area (Å²) in [7, 11) is 0. The number of hydrogen-bond acceptors (Lipinski definition) is 8. The van der Waals surface area contributed by atoms with E-state index in [9.17, 15) is 14.4 Å². The van der Waals surface area contributed by atoms with E-state index < -0.39 is 17.5 Å². The van der Waals surface area contributed by atoms with Crippen LogP contribution in [0.25, 0.3) is 22.3 Å². The van der Waals surface area contributed by atoms with Crippen molar-refractivity contribution in [3.8, 4) is 11.4 Å². The number of esters is 2. The van der Waals surface area contributed by atoms with Crippen LogP contribution in [-0.2, 0) is 44.2 Å². The minimum Gasteiger partial charge on any atom is -0.457 e. The normalized spacial score (nSPS) is 18.1. The Kier molecular flexibility index (Phi) is 5.76. The van der Waals surface area contributed by atoms with E-state index in [4.69, 9.17) is 31.1 Å². The summed E-state index contributed by atoms with van der Waals surface area (Å²) in [6.07, 6.45) is 2.72. The van der Waals surface area contributed by atoms with Crippen LogP contribution in [0.3, 0.4) is 0 Å². The van der Waals surface area contributed by atoms with Gasteiger partial charge in [0.25, 0.3) is 5.56 Å². The van der Waals surface area contributed by atoms with Crippen molar-refractivity contribution in [3.63, 3.8) is 0 Å². The molecule has 0 saturated heterocycles. The van der Waals surface area contributed by atoms with Gasteiger partial charge < -0.3 is 18.9 Å². The quantitative estimate of drug-likeness (QED) is 0.274. The highest BCUT2D eigenvalue weighted by atomic mass is 35.5. The fourth-order valence-corrected chi connectivity index (χ4v) is 6.30. The van der Waals surface area contributed by atoms with Crippen LogP contribution in [-0.4, -0.2) is 34.4 Å². The lowest BCUT2D eigenvalue weighted by Crippen LogP contribution is -2.47. The second-order valence-electron chi connectivity index (χ2n) is 10.4. The van der Waals surface area contributed by atoms with Crippen LogP contribution in [0, 0.1) is 0 Å². The Morgan fingerprint density at radius 2 is 1.95 bits per heavy atom. The van der Waals surface area contributed by atoms with Gasteiger partial charge in [0.2, 0.25) is 5.60 Å². The van der Waals surface area contributed by atoms with Crippen molar-refractivity contribution >= 4 is 52.2 Å². The lowest BCUT2D eigenvalue weighted by Gasteiger charge is -2.35. The molecule has 4 aromatic rings. The summed E-state index contributed by atoms with van der Waals surface area (Å²) in [5.41, 5.74) is 4.49. The average Bonchev–Trinajstić information content (AvgIpc) is 3.34. The molecule has 2 aromatic heterocycles. The van der Waals surface area contributed by atoms with Gasteiger partial charge in [-0.1, -0.05) is 36.7 Å². The Balaban J connectivity index is 1.40. The van der Waals surface area contributed by atoms with Crippen molar-refractivity contribution in [1.82, 2.24) is 9.55 Å². The van der Waals surface area contributed by atoms with E-state index in [0.717, 1.165) is 39.8 Å². The van der Waals surface area contributed by atoms with Gasteiger partial charge in [-0.2, -0.15) is 0 Å². The maximum Gasteiger partial charge on any atom is 0.355 e. The molecule has 0 unspecified atom stereocenters. The van der Waals surface area contributed by atoms with Gasteiger partial charge in [0, 0.05) is 29.6 Å². The molecule has 0 aliphatic carbocycles. The number of halogens is 1. The van der Waals surface area contributed by atoms with E-state index in [0.29, 0.717) is 40.6 Å². The summed E-state index contributed by atoms with van der Waals surface area (Å²) in [4.78, 5) is 50.9. The standard InChI is InChI=1S/C31H25ClN4O5/c1-3-31(41-17(2)37)22-13-25-27-20(14-36(25)29(38)21(22)15-40-30(31)39)28-26-23(5-4-6-24(26)34-27)33-16-35(28)12-11-18-7-9-19(32)10-8-18/h4-10,13,16H,3,11-12,14-15H2,1-2H3/t31-/m0/s1. The molecule has 0 fully saturated rings. The molecule has 206 valence electrons. The molecule has 3 aliphatic rings. The number of aliphatic imine (C=N–C) groups is 1. The number of pyridine rings is 2. The Hall–Kier alpha value is -4.50. The van der Waals surface area contributed by atoms with E-state index in [1.165, 1.54) is 6.92 Å². The summed E-state index contributed by atoms with van der Waals surface area (Å²) in [5, 5.41) is 1.62. The number of benzene rings is 2. The predicted molar refractivity (Wildman–Crippen MR) is 155 cm³/mol. The number of anilines is 1. The fourth-order valence-electron chi connectivity index (χ4n) is 6.17. The van der Waals surface area contributed by atoms with Crippen molar-refractivity contribution < 1.29 is 19.1 Å². The molecule has 1 atom stereocenters. The van der Waals surface area contributed by atoms with Crippen LogP contribution < -0.4 is 10.5 Å². The van der Waals surface area contributed by atoms with Gasteiger partial charge in [-0.15, -0.1) is 0 Å². The van der Waals surface area contributed by atoms with E-state index in [-0.39, 0.29) is 18.6 Å². The third-order valence-electron chi connectivity index (χ3n) is 8.13. The first-order valence-electron chi connectivity index (χ1n) is 13.5. The van der Waals surface area contributed by atoms with Crippen molar-refractivity contribution in [2.24, 2.45) is 4.99 Å². The number of carbonyl (C=O) groups is 2. The van der Waals surface area contributed by atoms with E-state index in [1.807, 2.05) is 48.8 Å². The molecule has 7 rings (SSSR count). The van der Waals surface area contributed by atoms with Crippen molar-refractivity contribution in [2.75, 3.05) is 11.4 Å². The second-order valence-corrected chi connectivity index (χ2v) is 10.9. The zero-order valence-corrected chi connectivity index (χ0v) is 23.2. The smallest absolute Gasteiger partial charge is 0.355 e. The minimum absolute atomic E-state index is 0.128. The van der Waals surface area contributed by atoms with Crippen LogP contribution >= 0.6 is 11.6 Å². The molecule has 0 spiro atoms. The van der Waals surface area contributed by atoms with Crippen molar-refractivity contribution in [1.29, 1.82) is 0 Å². The molecule has 0 saturated carbocycles. The molecular formula is C31H25ClN4O5. The van der Waals surface area contributed by atoms with Gasteiger partial charge in [-0.05, 0) is 48.7 Å². The summed E-state index contributed by atoms with van der Waals surface area (Å²) in [5.74, 6) is -1.31. The van der Waals surface area contributed by atoms with Gasteiger partial charge in [-0.25, -0.2) is 14.8 Å². The lowest BCUT2D eigenvalue weighted by molar-refractivity contribution is -0.188. The zero-order chi connectivity index (χ0) is 28.5. The Morgan fingerprint density at radius 3 is 2.71 bits per heavy atom. The SMILES string of the molecule is CC[C@@]1(OC(C)=O)C(=O)OCc2c1cc1n(c2=O)Cc2c-1nc1cccc3c1c2N(CCc1ccc(Cl)cc1)C=N3. The van der Waals surface area contributed by atoms with Gasteiger partial charge in [0.05, 0.1) is 52.1 Å². The number of fused-ring (bicyclic) bond motifs is 5. The molecule has 41 heavy (non-hydrogen) atoms. The molecule has 10 heteroatoms. The van der Waals surface area contributed by atoms with Gasteiger partial charge in [0.15, 0.2) is 0 Å². The van der Waals surface area contributed by atoms with Gasteiger partial charge in [0.1, 0.15) is 6.61 Å². The largest absolute Gasteiger partial charge is 0.457 e. The Morgan fingerprint density at radius 1 is 1.15 bits per heavy atom. The first kappa shape index (κ1) is 25.5. The number of ether oxygens (including phenoxy) is 2. The predicted octanol–water partition coefficient (Wildman–Crippen LogP) is 5.03. The zero-order valence-electron chi connectivity index (χ0n) is 22.4. The fraction of sp³-hybridized carbons (Fsp3) is 0.258. The number of rotatable bonds is 5. The molecule has 2 aromatic carbocycles. The molecule has 0 radical (unpaired) electrons. The first-order chi connectivity index (χ1) is 19.8. The lowest BCUT2D eigenvalue weighted by atomic mass is 9.85. The summed E-state index contributed by atoms with van der Waals surface area (Å²) < 4.78 is 12.6. The van der Waals surface area contributed by atoms with Crippen molar-refractivity contribution in [2.45, 2.75) is 45.4 Å². The molecule has 0 amide bonds. The van der Waals surface area contributed by atoms with Crippen LogP contribution in [0.15, 0.2) is 58.3 Å². The molecule has 0 N–H and O–H groups in total. The monoisotopic (exact) mass is 568 g/mol. The third-order valence-corrected chi connectivity index (χ3v) is 8.38. The van der Waals surface area contributed by atoms with Crippen LogP contribution in [0.1, 0.15) is 42.5 Å². The van der Waals surface area contributed by atoms with Crippen molar-refractivity contribution in [3.05, 3.63) is 86.2 Å². The molecular weight excluding hydrogens is 544 g/mol. The highest BCUT2D eigenvalue weighted by Gasteiger charge is 2.50. The second kappa shape index (κ2) is 9.27. The Labute approximate surface area is 240 Å². The summed E-state index contributed by atoms with van der Waals surface area (Å²) in [6.45, 7) is 3.74. The highest BCUT2D eigenvalue weighted by Crippen LogP contribution is 2.47. The molecule has 5 heterocycles. The van der Waals surface area contributed by atoms with Gasteiger partial charge >= 0.3 is 11.9 Å². The number of nitrogens with zero attached hydrogens (tertiary/aromatic N) is 4. The maximum absolute atomic E-state index is 13.9. The minimum atomic E-state index is -1.69. The van der Waals surface area contributed by atoms with E-state index in [1.54, 1.807) is 17.6 Å². The van der Waals surface area contributed by atoms with Crippen LogP contribution in [0.5, 0.6) is 0 Å². The van der Waals surface area contributed by atoms with Crippen LogP contribution in [0.2, 0.25) is 5.02 Å². The third kappa shape index (κ3) is 3.79. The Bertz CT molecular complexity index is 1880. The van der Waals surface area contributed by atoms with Gasteiger partial charge in [-0.3, -0.25) is 9.59 Å². The molecule has 0 bridgehead atoms. The van der Waals surface area contributed by atoms with E-state index >= 15 is 0 Å². The topological polar surface area (TPSA) is 103 Å². The number of hydrogen-bond donors (Lipinski definition) is 0. The first-order valence-corrected chi connectivity index (χ1v) is 13.8. The molecule has 3 aliphatic heterocycles. The number of cyclic esters (lactones) is 1. The number of aromatic nitrogens is 2. The average molecular weight is 569 g/mol. The number of carbonyl (C=O) groups excluding carboxylic acids is 2. The summed E-state index contributed by atoms with van der Waals surface area (Å²) in [6, 6.07) is 15.4. The maximum atomic E-state index is 13.9. The van der Waals surface area contributed by atoms with E-state index in [2.05, 4.69) is 4.90 Å². The summed E-state index contributed by atoms with van der Waals surface area (Å²) >= 11 is 6.08. The highest BCUT2D eigenvalue weighted by molar-refractivity contribution is 6.30. The van der Waals surface area contributed by atoms with Crippen LogP contribution in [0.4, 0.5) is 11.4 Å². The molecule has 9 nitrogen and oxygen atoms in total.